The van der Waals surface area contributed by atoms with E-state index in [-0.39, 0.29) is 5.91 Å². The highest BCUT2D eigenvalue weighted by Gasteiger charge is 2.27. The van der Waals surface area contributed by atoms with Gasteiger partial charge in [-0.3, -0.25) is 4.79 Å². The van der Waals surface area contributed by atoms with Crippen LogP contribution in [0, 0.1) is 6.92 Å². The van der Waals surface area contributed by atoms with Gasteiger partial charge in [0, 0.05) is 44.6 Å². The Morgan fingerprint density at radius 1 is 0.938 bits per heavy atom. The highest BCUT2D eigenvalue weighted by molar-refractivity contribution is 7.20. The van der Waals surface area contributed by atoms with Crippen molar-refractivity contribution in [3.05, 3.63) is 77.4 Å². The zero-order valence-electron chi connectivity index (χ0n) is 18.2. The van der Waals surface area contributed by atoms with E-state index in [4.69, 9.17) is 0 Å². The molecule has 1 amide bonds. The van der Waals surface area contributed by atoms with Crippen LogP contribution in [-0.2, 0) is 0 Å². The first kappa shape index (κ1) is 20.5. The summed E-state index contributed by atoms with van der Waals surface area (Å²) in [7, 11) is 2.00. The normalized spacial score (nSPS) is 14.1. The van der Waals surface area contributed by atoms with Crippen LogP contribution in [0.15, 0.2) is 67.0 Å². The van der Waals surface area contributed by atoms with Crippen LogP contribution < -0.4 is 9.80 Å². The van der Waals surface area contributed by atoms with Crippen LogP contribution >= 0.6 is 11.3 Å². The maximum Gasteiger partial charge on any atom is 0.264 e. The molecule has 162 valence electrons. The van der Waals surface area contributed by atoms with Crippen molar-refractivity contribution in [1.82, 2.24) is 14.9 Å². The molecule has 6 nitrogen and oxygen atoms in total. The molecule has 2 aromatic heterocycles. The molecule has 0 saturated carbocycles. The summed E-state index contributed by atoms with van der Waals surface area (Å²) in [6.45, 7) is 5.11. The predicted molar refractivity (Wildman–Crippen MR) is 131 cm³/mol. The first-order valence-electron chi connectivity index (χ1n) is 10.8. The minimum absolute atomic E-state index is 0.0894. The standard InChI is InChI=1S/C25H25N5OS/c1-18-21-23(28(2)19-9-5-3-6-10-19)26-17-27-24(21)32-22(18)25(31)30-15-13-29(14-16-30)20-11-7-4-8-12-20/h3-12,17H,13-16H2,1-2H3. The van der Waals surface area contributed by atoms with Gasteiger partial charge >= 0.3 is 0 Å². The lowest BCUT2D eigenvalue weighted by Gasteiger charge is -2.36. The van der Waals surface area contributed by atoms with Crippen molar-refractivity contribution in [2.24, 2.45) is 0 Å². The molecule has 1 aliphatic rings. The van der Waals surface area contributed by atoms with Crippen LogP contribution in [0.3, 0.4) is 0 Å². The summed E-state index contributed by atoms with van der Waals surface area (Å²) in [5, 5.41) is 0.954. The van der Waals surface area contributed by atoms with Gasteiger partial charge in [-0.15, -0.1) is 11.3 Å². The number of benzene rings is 2. The summed E-state index contributed by atoms with van der Waals surface area (Å²) < 4.78 is 0. The van der Waals surface area contributed by atoms with E-state index in [0.29, 0.717) is 13.1 Å². The molecule has 3 heterocycles. The van der Waals surface area contributed by atoms with Gasteiger partial charge in [-0.2, -0.15) is 0 Å². The third-order valence-electron chi connectivity index (χ3n) is 6.05. The molecular weight excluding hydrogens is 418 g/mol. The van der Waals surface area contributed by atoms with Gasteiger partial charge in [0.25, 0.3) is 5.91 Å². The fraction of sp³-hybridized carbons (Fsp3) is 0.240. The number of fused-ring (bicyclic) bond motifs is 1. The van der Waals surface area contributed by atoms with Crippen LogP contribution in [0.1, 0.15) is 15.2 Å². The Kier molecular flexibility index (Phi) is 5.49. The summed E-state index contributed by atoms with van der Waals surface area (Å²) in [6.07, 6.45) is 1.58. The van der Waals surface area contributed by atoms with E-state index >= 15 is 0 Å². The first-order valence-corrected chi connectivity index (χ1v) is 11.6. The Bertz CT molecular complexity index is 1230. The van der Waals surface area contributed by atoms with Crippen molar-refractivity contribution in [2.75, 3.05) is 43.0 Å². The lowest BCUT2D eigenvalue weighted by atomic mass is 10.1. The number of piperazine rings is 1. The number of anilines is 3. The molecule has 2 aromatic carbocycles. The van der Waals surface area contributed by atoms with E-state index in [1.54, 1.807) is 6.33 Å². The van der Waals surface area contributed by atoms with Crippen molar-refractivity contribution < 1.29 is 4.79 Å². The number of thiophene rings is 1. The van der Waals surface area contributed by atoms with Gasteiger partial charge in [0.05, 0.1) is 10.3 Å². The van der Waals surface area contributed by atoms with E-state index < -0.39 is 0 Å². The van der Waals surface area contributed by atoms with Crippen LogP contribution in [-0.4, -0.2) is 54.0 Å². The number of carbonyl (C=O) groups excluding carboxylic acids is 1. The lowest BCUT2D eigenvalue weighted by molar-refractivity contribution is 0.0751. The molecule has 0 unspecified atom stereocenters. The maximum atomic E-state index is 13.4. The second-order valence-corrected chi connectivity index (χ2v) is 8.94. The number of hydrogen-bond donors (Lipinski definition) is 0. The molecule has 0 spiro atoms. The largest absolute Gasteiger partial charge is 0.368 e. The van der Waals surface area contributed by atoms with E-state index in [0.717, 1.165) is 45.3 Å². The number of para-hydroxylation sites is 2. The molecule has 0 aliphatic carbocycles. The van der Waals surface area contributed by atoms with Crippen molar-refractivity contribution in [3.63, 3.8) is 0 Å². The Balaban J connectivity index is 1.40. The molecule has 4 aromatic rings. The Hall–Kier alpha value is -3.45. The lowest BCUT2D eigenvalue weighted by Crippen LogP contribution is -2.48. The average Bonchev–Trinajstić information content (AvgIpc) is 3.21. The third-order valence-corrected chi connectivity index (χ3v) is 7.24. The molecule has 0 N–H and O–H groups in total. The van der Waals surface area contributed by atoms with Gasteiger partial charge in [0.2, 0.25) is 0 Å². The molecule has 1 fully saturated rings. The van der Waals surface area contributed by atoms with Gasteiger partial charge in [-0.05, 0) is 36.8 Å². The van der Waals surface area contributed by atoms with Gasteiger partial charge in [-0.25, -0.2) is 9.97 Å². The summed E-state index contributed by atoms with van der Waals surface area (Å²) >= 11 is 1.47. The second kappa shape index (κ2) is 8.59. The second-order valence-electron chi connectivity index (χ2n) is 7.94. The summed E-state index contributed by atoms with van der Waals surface area (Å²) in [4.78, 5) is 30.4. The van der Waals surface area contributed by atoms with Gasteiger partial charge < -0.3 is 14.7 Å². The van der Waals surface area contributed by atoms with Crippen molar-refractivity contribution in [1.29, 1.82) is 0 Å². The van der Waals surface area contributed by atoms with E-state index in [1.165, 1.54) is 17.0 Å². The van der Waals surface area contributed by atoms with Gasteiger partial charge in [-0.1, -0.05) is 36.4 Å². The molecule has 0 atom stereocenters. The van der Waals surface area contributed by atoms with Gasteiger partial charge in [0.15, 0.2) is 0 Å². The quantitative estimate of drug-likeness (QED) is 0.456. The topological polar surface area (TPSA) is 52.6 Å². The fourth-order valence-corrected chi connectivity index (χ4v) is 5.35. The highest BCUT2D eigenvalue weighted by atomic mass is 32.1. The Morgan fingerprint density at radius 3 is 2.28 bits per heavy atom. The van der Waals surface area contributed by atoms with Crippen molar-refractivity contribution in [3.8, 4) is 0 Å². The predicted octanol–water partition coefficient (Wildman–Crippen LogP) is 4.73. The molecule has 7 heteroatoms. The number of nitrogens with zero attached hydrogens (tertiary/aromatic N) is 5. The number of rotatable bonds is 4. The summed E-state index contributed by atoms with van der Waals surface area (Å²) in [5.74, 6) is 0.912. The van der Waals surface area contributed by atoms with Crippen molar-refractivity contribution >= 4 is 44.7 Å². The summed E-state index contributed by atoms with van der Waals surface area (Å²) in [6, 6.07) is 20.5. The van der Waals surface area contributed by atoms with E-state index in [9.17, 15) is 4.79 Å². The number of aromatic nitrogens is 2. The molecule has 5 rings (SSSR count). The molecular formula is C25H25N5OS. The van der Waals surface area contributed by atoms with E-state index in [1.807, 2.05) is 55.3 Å². The van der Waals surface area contributed by atoms with Crippen LogP contribution in [0.2, 0.25) is 0 Å². The number of hydrogen-bond acceptors (Lipinski definition) is 6. The third kappa shape index (κ3) is 3.69. The van der Waals surface area contributed by atoms with Crippen LogP contribution in [0.4, 0.5) is 17.2 Å². The van der Waals surface area contributed by atoms with Crippen molar-refractivity contribution in [2.45, 2.75) is 6.92 Å². The zero-order chi connectivity index (χ0) is 22.1. The van der Waals surface area contributed by atoms with Crippen LogP contribution in [0.5, 0.6) is 0 Å². The van der Waals surface area contributed by atoms with Gasteiger partial charge in [0.1, 0.15) is 17.0 Å². The number of carbonyl (C=O) groups is 1. The van der Waals surface area contributed by atoms with Crippen LogP contribution in [0.25, 0.3) is 10.2 Å². The highest BCUT2D eigenvalue weighted by Crippen LogP contribution is 2.37. The molecule has 1 saturated heterocycles. The number of amides is 1. The summed E-state index contributed by atoms with van der Waals surface area (Å²) in [5.41, 5.74) is 3.21. The molecule has 0 radical (unpaired) electrons. The SMILES string of the molecule is Cc1c(C(=O)N2CCN(c3ccccc3)CC2)sc2ncnc(N(C)c3ccccc3)c12. The minimum Gasteiger partial charge on any atom is -0.368 e. The Morgan fingerprint density at radius 2 is 1.59 bits per heavy atom. The molecule has 1 aliphatic heterocycles. The average molecular weight is 444 g/mol. The molecule has 32 heavy (non-hydrogen) atoms. The monoisotopic (exact) mass is 443 g/mol. The van der Waals surface area contributed by atoms with E-state index in [2.05, 4.69) is 44.0 Å². The number of aryl methyl sites for hydroxylation is 1. The smallest absolute Gasteiger partial charge is 0.264 e. The fourth-order valence-electron chi connectivity index (χ4n) is 4.24. The maximum absolute atomic E-state index is 13.4. The minimum atomic E-state index is 0.0894. The first-order chi connectivity index (χ1) is 15.6. The molecule has 0 bridgehead atoms. The zero-order valence-corrected chi connectivity index (χ0v) is 19.0. The Labute approximate surface area is 191 Å².